The predicted octanol–water partition coefficient (Wildman–Crippen LogP) is 3.72. The van der Waals surface area contributed by atoms with Crippen molar-refractivity contribution in [3.63, 3.8) is 0 Å². The van der Waals surface area contributed by atoms with Crippen molar-refractivity contribution < 1.29 is 9.32 Å². The van der Waals surface area contributed by atoms with E-state index in [-0.39, 0.29) is 17.9 Å². The van der Waals surface area contributed by atoms with Crippen molar-refractivity contribution in [3.8, 4) is 0 Å². The number of hydrogen-bond donors (Lipinski definition) is 0. The molecule has 1 atom stereocenters. The van der Waals surface area contributed by atoms with Gasteiger partial charge in [-0.2, -0.15) is 4.98 Å². The number of hydrogen-bond acceptors (Lipinski definition) is 5. The van der Waals surface area contributed by atoms with Gasteiger partial charge in [-0.1, -0.05) is 19.0 Å². The van der Waals surface area contributed by atoms with Gasteiger partial charge in [-0.25, -0.2) is 0 Å². The van der Waals surface area contributed by atoms with Gasteiger partial charge >= 0.3 is 0 Å². The largest absolute Gasteiger partial charge is 0.339 e. The molecule has 1 aliphatic carbocycles. The van der Waals surface area contributed by atoms with Crippen LogP contribution in [0.3, 0.4) is 0 Å². The van der Waals surface area contributed by atoms with E-state index in [1.165, 1.54) is 16.9 Å². The highest BCUT2D eigenvalue weighted by Crippen LogP contribution is 2.36. The number of likely N-dealkylation sites (tertiary alicyclic amines) is 1. The monoisotopic (exact) mass is 331 g/mol. The molecule has 0 bridgehead atoms. The van der Waals surface area contributed by atoms with E-state index in [1.54, 1.807) is 11.3 Å². The molecule has 0 saturated carbocycles. The molecule has 0 aromatic carbocycles. The highest BCUT2D eigenvalue weighted by Gasteiger charge is 2.35. The molecule has 23 heavy (non-hydrogen) atoms. The summed E-state index contributed by atoms with van der Waals surface area (Å²) < 4.78 is 5.33. The number of thiophene rings is 1. The van der Waals surface area contributed by atoms with E-state index in [4.69, 9.17) is 4.52 Å². The maximum atomic E-state index is 12.9. The van der Waals surface area contributed by atoms with Gasteiger partial charge in [0.2, 0.25) is 5.89 Å². The fourth-order valence-electron chi connectivity index (χ4n) is 3.47. The molecular formula is C17H21N3O2S. The number of aryl methyl sites for hydroxylation is 2. The number of rotatable bonds is 3. The van der Waals surface area contributed by atoms with Gasteiger partial charge in [0.15, 0.2) is 5.82 Å². The van der Waals surface area contributed by atoms with E-state index in [2.05, 4.69) is 16.2 Å². The van der Waals surface area contributed by atoms with Crippen LogP contribution >= 0.6 is 11.3 Å². The molecule has 1 amide bonds. The molecule has 1 saturated heterocycles. The van der Waals surface area contributed by atoms with Crippen molar-refractivity contribution in [2.45, 2.75) is 57.9 Å². The lowest BCUT2D eigenvalue weighted by Gasteiger charge is -2.21. The van der Waals surface area contributed by atoms with Gasteiger partial charge in [-0.15, -0.1) is 11.3 Å². The van der Waals surface area contributed by atoms with E-state index >= 15 is 0 Å². The number of carbonyl (C=O) groups is 1. The maximum absolute atomic E-state index is 12.9. The molecule has 0 N–H and O–H groups in total. The molecule has 5 nitrogen and oxygen atoms in total. The third kappa shape index (κ3) is 2.59. The van der Waals surface area contributed by atoms with E-state index < -0.39 is 0 Å². The van der Waals surface area contributed by atoms with Crippen LogP contribution in [0.15, 0.2) is 10.6 Å². The van der Waals surface area contributed by atoms with Gasteiger partial charge in [0.1, 0.15) is 0 Å². The highest BCUT2D eigenvalue weighted by molar-refractivity contribution is 7.14. The van der Waals surface area contributed by atoms with Gasteiger partial charge < -0.3 is 9.42 Å². The van der Waals surface area contributed by atoms with Crippen LogP contribution < -0.4 is 0 Å². The Labute approximate surface area is 139 Å². The van der Waals surface area contributed by atoms with Crippen molar-refractivity contribution >= 4 is 17.2 Å². The fraction of sp³-hybridized carbons (Fsp3) is 0.588. The SMILES string of the molecule is CC(C)c1nc(C2CCCN2C(=O)c2cc3c(s2)CCC3)no1. The van der Waals surface area contributed by atoms with E-state index in [9.17, 15) is 4.79 Å². The topological polar surface area (TPSA) is 59.2 Å². The van der Waals surface area contributed by atoms with Gasteiger partial charge in [0, 0.05) is 17.3 Å². The Morgan fingerprint density at radius 2 is 2.26 bits per heavy atom. The number of aromatic nitrogens is 2. The second-order valence-corrected chi connectivity index (χ2v) is 7.85. The number of fused-ring (bicyclic) bond motifs is 1. The summed E-state index contributed by atoms with van der Waals surface area (Å²) in [6, 6.07) is 2.05. The molecule has 6 heteroatoms. The first-order valence-electron chi connectivity index (χ1n) is 8.39. The lowest BCUT2D eigenvalue weighted by molar-refractivity contribution is 0.0733. The van der Waals surface area contributed by atoms with Crippen LogP contribution in [0, 0.1) is 0 Å². The minimum Gasteiger partial charge on any atom is -0.339 e. The summed E-state index contributed by atoms with van der Waals surface area (Å²) in [4.78, 5) is 21.6. The average Bonchev–Trinajstić information content (AvgIpc) is 3.26. The highest BCUT2D eigenvalue weighted by atomic mass is 32.1. The number of nitrogens with zero attached hydrogens (tertiary/aromatic N) is 3. The normalized spacial score (nSPS) is 20.5. The standard InChI is InChI=1S/C17H21N3O2S/c1-10(2)16-18-15(19-22-16)12-6-4-8-20(12)17(21)14-9-11-5-3-7-13(11)23-14/h9-10,12H,3-8H2,1-2H3. The molecule has 1 unspecified atom stereocenters. The van der Waals surface area contributed by atoms with Crippen LogP contribution in [-0.2, 0) is 12.8 Å². The summed E-state index contributed by atoms with van der Waals surface area (Å²) in [6.07, 6.45) is 5.37. The van der Waals surface area contributed by atoms with E-state index in [1.807, 2.05) is 18.7 Å². The summed E-state index contributed by atoms with van der Waals surface area (Å²) >= 11 is 1.67. The number of amides is 1. The van der Waals surface area contributed by atoms with Crippen molar-refractivity contribution in [2.75, 3.05) is 6.54 Å². The molecule has 1 aliphatic heterocycles. The van der Waals surface area contributed by atoms with E-state index in [0.717, 1.165) is 37.1 Å². The Balaban J connectivity index is 1.57. The van der Waals surface area contributed by atoms with Gasteiger partial charge in [-0.3, -0.25) is 4.79 Å². The summed E-state index contributed by atoms with van der Waals surface area (Å²) in [6.45, 7) is 4.84. The second kappa shape index (κ2) is 5.74. The van der Waals surface area contributed by atoms with Crippen LogP contribution in [0.1, 0.15) is 76.9 Å². The zero-order chi connectivity index (χ0) is 16.0. The third-order valence-corrected chi connectivity index (χ3v) is 5.95. The summed E-state index contributed by atoms with van der Waals surface area (Å²) in [5.41, 5.74) is 1.37. The lowest BCUT2D eigenvalue weighted by atomic mass is 10.2. The van der Waals surface area contributed by atoms with Crippen LogP contribution in [-0.4, -0.2) is 27.5 Å². The molecule has 122 valence electrons. The predicted molar refractivity (Wildman–Crippen MR) is 87.7 cm³/mol. The molecule has 4 rings (SSSR count). The van der Waals surface area contributed by atoms with Crippen LogP contribution in [0.25, 0.3) is 0 Å². The second-order valence-electron chi connectivity index (χ2n) is 6.71. The quantitative estimate of drug-likeness (QED) is 0.860. The number of carbonyl (C=O) groups excluding carboxylic acids is 1. The van der Waals surface area contributed by atoms with Crippen molar-refractivity contribution in [2.24, 2.45) is 0 Å². The molecule has 0 radical (unpaired) electrons. The molecule has 3 heterocycles. The summed E-state index contributed by atoms with van der Waals surface area (Å²) in [5, 5.41) is 4.12. The smallest absolute Gasteiger partial charge is 0.264 e. The summed E-state index contributed by atoms with van der Waals surface area (Å²) in [7, 11) is 0. The Morgan fingerprint density at radius 1 is 1.39 bits per heavy atom. The minimum absolute atomic E-state index is 0.0457. The molecule has 2 aromatic heterocycles. The fourth-order valence-corrected chi connectivity index (χ4v) is 4.68. The zero-order valence-corrected chi connectivity index (χ0v) is 14.4. The Morgan fingerprint density at radius 3 is 3.00 bits per heavy atom. The first kappa shape index (κ1) is 14.9. The van der Waals surface area contributed by atoms with Gasteiger partial charge in [-0.05, 0) is 43.7 Å². The molecule has 2 aliphatic rings. The first-order chi connectivity index (χ1) is 11.1. The molecule has 0 spiro atoms. The van der Waals surface area contributed by atoms with Crippen LogP contribution in [0.5, 0.6) is 0 Å². The van der Waals surface area contributed by atoms with Crippen LogP contribution in [0.2, 0.25) is 0 Å². The Hall–Kier alpha value is -1.69. The molecule has 1 fully saturated rings. The summed E-state index contributed by atoms with van der Waals surface area (Å²) in [5.74, 6) is 1.64. The van der Waals surface area contributed by atoms with E-state index in [0.29, 0.717) is 11.7 Å². The Bertz CT molecular complexity index is 713. The molecule has 2 aromatic rings. The maximum Gasteiger partial charge on any atom is 0.264 e. The lowest BCUT2D eigenvalue weighted by Crippen LogP contribution is -2.30. The van der Waals surface area contributed by atoms with Crippen molar-refractivity contribution in [1.82, 2.24) is 15.0 Å². The van der Waals surface area contributed by atoms with Crippen molar-refractivity contribution in [3.05, 3.63) is 33.1 Å². The Kier molecular flexibility index (Phi) is 3.71. The van der Waals surface area contributed by atoms with Gasteiger partial charge in [0.05, 0.1) is 10.9 Å². The van der Waals surface area contributed by atoms with Crippen molar-refractivity contribution in [1.29, 1.82) is 0 Å². The molecular weight excluding hydrogens is 310 g/mol. The van der Waals surface area contributed by atoms with Gasteiger partial charge in [0.25, 0.3) is 5.91 Å². The third-order valence-electron chi connectivity index (χ3n) is 4.72. The minimum atomic E-state index is -0.0457. The average molecular weight is 331 g/mol. The zero-order valence-electron chi connectivity index (χ0n) is 13.5. The van der Waals surface area contributed by atoms with Crippen LogP contribution in [0.4, 0.5) is 0 Å². The first-order valence-corrected chi connectivity index (χ1v) is 9.21.